The summed E-state index contributed by atoms with van der Waals surface area (Å²) in [5, 5.41) is 17.5. The van der Waals surface area contributed by atoms with Gasteiger partial charge in [0.2, 0.25) is 0 Å². The Morgan fingerprint density at radius 3 is 2.31 bits per heavy atom. The number of nitrogens with zero attached hydrogens (tertiary/aromatic N) is 2. The lowest BCUT2D eigenvalue weighted by atomic mass is 9.93. The van der Waals surface area contributed by atoms with E-state index in [0.29, 0.717) is 11.3 Å². The van der Waals surface area contributed by atoms with E-state index < -0.39 is 20.9 Å². The second-order valence-corrected chi connectivity index (χ2v) is 9.85. The summed E-state index contributed by atoms with van der Waals surface area (Å²) in [6.07, 6.45) is 0. The number of carbonyl (C=O) groups is 1. The van der Waals surface area contributed by atoms with Crippen LogP contribution in [-0.4, -0.2) is 24.4 Å². The number of hydrogen-bond acceptors (Lipinski definition) is 7. The first-order valence-corrected chi connectivity index (χ1v) is 11.0. The van der Waals surface area contributed by atoms with Gasteiger partial charge in [0.15, 0.2) is 5.82 Å². The highest BCUT2D eigenvalue weighted by molar-refractivity contribution is 7.92. The number of anilines is 2. The molecule has 2 N–H and O–H groups in total. The molecular weight excluding hydrogens is 436 g/mol. The quantitative estimate of drug-likeness (QED) is 0.415. The van der Waals surface area contributed by atoms with Crippen molar-refractivity contribution in [1.82, 2.24) is 5.16 Å². The van der Waals surface area contributed by atoms with Crippen LogP contribution in [0.2, 0.25) is 0 Å². The summed E-state index contributed by atoms with van der Waals surface area (Å²) >= 11 is 0. The van der Waals surface area contributed by atoms with Crippen LogP contribution < -0.4 is 10.0 Å². The molecule has 0 fully saturated rings. The van der Waals surface area contributed by atoms with Gasteiger partial charge in [-0.2, -0.15) is 0 Å². The molecule has 1 heterocycles. The van der Waals surface area contributed by atoms with E-state index in [1.54, 1.807) is 6.07 Å². The second kappa shape index (κ2) is 8.42. The third kappa shape index (κ3) is 5.11. The summed E-state index contributed by atoms with van der Waals surface area (Å²) in [5.41, 5.74) is 0.279. The Bertz CT molecular complexity index is 1270. The maximum Gasteiger partial charge on any atom is 0.273 e. The van der Waals surface area contributed by atoms with Crippen LogP contribution in [0.25, 0.3) is 0 Å². The average Bonchev–Trinajstić information content (AvgIpc) is 3.17. The molecule has 10 nitrogen and oxygen atoms in total. The fraction of sp³-hybridized carbons (Fsp3) is 0.238. The van der Waals surface area contributed by atoms with Crippen molar-refractivity contribution in [3.8, 4) is 0 Å². The third-order valence-electron chi connectivity index (χ3n) is 4.58. The van der Waals surface area contributed by atoms with Crippen molar-refractivity contribution >= 4 is 33.1 Å². The highest BCUT2D eigenvalue weighted by Gasteiger charge is 2.22. The van der Waals surface area contributed by atoms with Crippen molar-refractivity contribution < 1.29 is 22.7 Å². The van der Waals surface area contributed by atoms with Crippen molar-refractivity contribution in [2.75, 3.05) is 10.0 Å². The Balaban J connectivity index is 1.73. The van der Waals surface area contributed by atoms with Gasteiger partial charge in [-0.3, -0.25) is 19.6 Å². The lowest BCUT2D eigenvalue weighted by Crippen LogP contribution is -2.14. The van der Waals surface area contributed by atoms with Crippen LogP contribution in [0.1, 0.15) is 42.5 Å². The van der Waals surface area contributed by atoms with Crippen LogP contribution in [0, 0.1) is 17.0 Å². The van der Waals surface area contributed by atoms with Gasteiger partial charge >= 0.3 is 0 Å². The molecule has 3 rings (SSSR count). The molecule has 1 amide bonds. The van der Waals surface area contributed by atoms with Crippen LogP contribution >= 0.6 is 0 Å². The molecule has 0 aliphatic carbocycles. The van der Waals surface area contributed by atoms with Gasteiger partial charge in [0, 0.05) is 34.4 Å². The molecular formula is C21H22N4O6S. The van der Waals surface area contributed by atoms with Crippen LogP contribution in [-0.2, 0) is 15.4 Å². The predicted octanol–water partition coefficient (Wildman–Crippen LogP) is 4.24. The molecule has 32 heavy (non-hydrogen) atoms. The van der Waals surface area contributed by atoms with Crippen LogP contribution in [0.5, 0.6) is 0 Å². The topological polar surface area (TPSA) is 144 Å². The first-order chi connectivity index (χ1) is 14.9. The molecule has 0 saturated carbocycles. The van der Waals surface area contributed by atoms with E-state index in [-0.39, 0.29) is 33.1 Å². The van der Waals surface area contributed by atoms with Crippen LogP contribution in [0.15, 0.2) is 57.9 Å². The van der Waals surface area contributed by atoms with E-state index in [1.165, 1.54) is 43.3 Å². The molecule has 0 spiro atoms. The van der Waals surface area contributed by atoms with Gasteiger partial charge in [-0.15, -0.1) is 0 Å². The lowest BCUT2D eigenvalue weighted by molar-refractivity contribution is -0.385. The van der Waals surface area contributed by atoms with Gasteiger partial charge in [0.05, 0.1) is 9.82 Å². The zero-order valence-electron chi connectivity index (χ0n) is 17.9. The molecule has 0 saturated heterocycles. The van der Waals surface area contributed by atoms with Gasteiger partial charge in [-0.1, -0.05) is 32.0 Å². The number of rotatable bonds is 6. The molecule has 0 bridgehead atoms. The van der Waals surface area contributed by atoms with Crippen molar-refractivity contribution in [3.63, 3.8) is 0 Å². The Labute approximate surface area is 184 Å². The Kier molecular flexibility index (Phi) is 6.04. The zero-order chi connectivity index (χ0) is 23.7. The van der Waals surface area contributed by atoms with Gasteiger partial charge in [0.25, 0.3) is 21.6 Å². The maximum absolute atomic E-state index is 12.6. The molecule has 168 valence electrons. The highest BCUT2D eigenvalue weighted by Crippen LogP contribution is 2.26. The fourth-order valence-electron chi connectivity index (χ4n) is 2.73. The summed E-state index contributed by atoms with van der Waals surface area (Å²) in [7, 11) is -4.06. The van der Waals surface area contributed by atoms with E-state index in [0.717, 1.165) is 6.07 Å². The van der Waals surface area contributed by atoms with E-state index in [9.17, 15) is 23.3 Å². The number of aryl methyl sites for hydroxylation is 1. The Hall–Kier alpha value is -3.73. The predicted molar refractivity (Wildman–Crippen MR) is 118 cm³/mol. The Morgan fingerprint density at radius 2 is 1.75 bits per heavy atom. The monoisotopic (exact) mass is 458 g/mol. The van der Waals surface area contributed by atoms with Crippen molar-refractivity contribution in [3.05, 3.63) is 75.5 Å². The van der Waals surface area contributed by atoms with Gasteiger partial charge in [-0.05, 0) is 37.3 Å². The number of nitro groups is 1. The minimum absolute atomic E-state index is 0.196. The first kappa shape index (κ1) is 22.9. The number of benzene rings is 2. The normalized spacial score (nSPS) is 11.8. The van der Waals surface area contributed by atoms with Crippen molar-refractivity contribution in [2.24, 2.45) is 0 Å². The minimum atomic E-state index is -4.06. The number of hydrogen-bond donors (Lipinski definition) is 2. The molecule has 0 radical (unpaired) electrons. The summed E-state index contributed by atoms with van der Waals surface area (Å²) < 4.78 is 32.8. The van der Waals surface area contributed by atoms with Gasteiger partial charge in [0.1, 0.15) is 5.76 Å². The number of nitro benzene ring substituents is 1. The number of carbonyl (C=O) groups excluding carboxylic acids is 1. The third-order valence-corrected chi connectivity index (χ3v) is 5.96. The van der Waals surface area contributed by atoms with Gasteiger partial charge < -0.3 is 9.84 Å². The van der Waals surface area contributed by atoms with E-state index >= 15 is 0 Å². The summed E-state index contributed by atoms with van der Waals surface area (Å²) in [6.45, 7) is 7.38. The highest BCUT2D eigenvalue weighted by atomic mass is 32.2. The Morgan fingerprint density at radius 1 is 1.09 bits per heavy atom. The molecule has 0 aliphatic heterocycles. The molecule has 3 aromatic rings. The number of amides is 1. The largest absolute Gasteiger partial charge is 0.359 e. The molecule has 2 aromatic carbocycles. The van der Waals surface area contributed by atoms with Gasteiger partial charge in [-0.25, -0.2) is 8.42 Å². The number of aromatic nitrogens is 1. The number of sulfonamides is 1. The smallest absolute Gasteiger partial charge is 0.273 e. The zero-order valence-corrected chi connectivity index (χ0v) is 18.7. The number of nitrogens with one attached hydrogen (secondary N) is 2. The summed E-state index contributed by atoms with van der Waals surface area (Å²) in [6, 6.07) is 11.0. The van der Waals surface area contributed by atoms with E-state index in [4.69, 9.17) is 4.52 Å². The average molecular weight is 458 g/mol. The molecule has 11 heteroatoms. The van der Waals surface area contributed by atoms with Crippen LogP contribution in [0.3, 0.4) is 0 Å². The second-order valence-electron chi connectivity index (χ2n) is 8.17. The molecule has 0 atom stereocenters. The van der Waals surface area contributed by atoms with E-state index in [1.807, 2.05) is 20.8 Å². The molecule has 0 unspecified atom stereocenters. The van der Waals surface area contributed by atoms with Crippen LogP contribution in [0.4, 0.5) is 17.2 Å². The molecule has 0 aliphatic rings. The fourth-order valence-corrected chi connectivity index (χ4v) is 3.81. The maximum atomic E-state index is 12.6. The SMILES string of the molecule is Cc1ccc(S(=O)(=O)Nc2ccc(C(=O)Nc3cc(C(C)(C)C)on3)cc2)cc1[N+](=O)[O-]. The standard InChI is InChI=1S/C21H22N4O6S/c1-13-5-10-16(11-17(13)25(27)28)32(29,30)24-15-8-6-14(7-9-15)20(26)22-19-12-18(31-23-19)21(2,3)4/h5-12,24H,1-4H3,(H,22,23,26). The summed E-state index contributed by atoms with van der Waals surface area (Å²) in [5.74, 6) is 0.446. The lowest BCUT2D eigenvalue weighted by Gasteiger charge is -2.12. The summed E-state index contributed by atoms with van der Waals surface area (Å²) in [4.78, 5) is 22.6. The minimum Gasteiger partial charge on any atom is -0.359 e. The van der Waals surface area contributed by atoms with E-state index in [2.05, 4.69) is 15.2 Å². The molecule has 1 aromatic heterocycles. The van der Waals surface area contributed by atoms with Crippen molar-refractivity contribution in [2.45, 2.75) is 38.0 Å². The van der Waals surface area contributed by atoms with Crippen molar-refractivity contribution in [1.29, 1.82) is 0 Å². The first-order valence-electron chi connectivity index (χ1n) is 9.53.